The van der Waals surface area contributed by atoms with E-state index in [0.29, 0.717) is 12.1 Å². The summed E-state index contributed by atoms with van der Waals surface area (Å²) in [6.45, 7) is 2.18. The molecule has 8 nitrogen and oxygen atoms in total. The monoisotopic (exact) mass is 378 g/mol. The summed E-state index contributed by atoms with van der Waals surface area (Å²) >= 11 is 0. The highest BCUT2D eigenvalue weighted by atomic mass is 19.1. The molecule has 2 amide bonds. The average molecular weight is 378 g/mol. The lowest BCUT2D eigenvalue weighted by atomic mass is 9.88. The number of hydrogen-bond acceptors (Lipinski definition) is 5. The largest absolute Gasteiger partial charge is 0.481 e. The van der Waals surface area contributed by atoms with E-state index in [2.05, 4.69) is 16.2 Å². The number of carboxylic acids is 1. The molecule has 4 atom stereocenters. The molecule has 0 bridgehead atoms. The van der Waals surface area contributed by atoms with Crippen molar-refractivity contribution in [2.24, 2.45) is 11.8 Å². The van der Waals surface area contributed by atoms with Gasteiger partial charge in [0, 0.05) is 24.8 Å². The van der Waals surface area contributed by atoms with Gasteiger partial charge in [-0.15, -0.1) is 0 Å². The van der Waals surface area contributed by atoms with Crippen LogP contribution in [-0.4, -0.2) is 53.0 Å². The number of hydrazine groups is 1. The van der Waals surface area contributed by atoms with Crippen LogP contribution in [0.15, 0.2) is 24.3 Å². The third-order valence-corrected chi connectivity index (χ3v) is 4.99. The molecule has 2 unspecified atom stereocenters. The van der Waals surface area contributed by atoms with Crippen molar-refractivity contribution >= 4 is 23.5 Å². The zero-order chi connectivity index (χ0) is 19.6. The molecule has 27 heavy (non-hydrogen) atoms. The van der Waals surface area contributed by atoms with E-state index in [9.17, 15) is 23.9 Å². The summed E-state index contributed by atoms with van der Waals surface area (Å²) in [6, 6.07) is 5.02. The number of rotatable bonds is 4. The van der Waals surface area contributed by atoms with Gasteiger partial charge in [0.25, 0.3) is 0 Å². The molecule has 146 valence electrons. The molecule has 0 aliphatic carbocycles. The maximum Gasteiger partial charge on any atom is 0.308 e. The second-order valence-corrected chi connectivity index (χ2v) is 7.19. The molecule has 2 aliphatic heterocycles. The third-order valence-electron chi connectivity index (χ3n) is 4.99. The van der Waals surface area contributed by atoms with Crippen LogP contribution in [0.1, 0.15) is 19.8 Å². The number of halogens is 1. The SMILES string of the molecule is CC1CC(C(=O)N2C[C@H](C(=O)O)C[C@@H](C(=O)Nc3ccc(F)cc3)C2)NN1. The number of amides is 2. The van der Waals surface area contributed by atoms with Crippen molar-refractivity contribution in [3.8, 4) is 0 Å². The van der Waals surface area contributed by atoms with E-state index in [4.69, 9.17) is 0 Å². The Balaban J connectivity index is 1.70. The van der Waals surface area contributed by atoms with Gasteiger partial charge in [0.2, 0.25) is 11.8 Å². The fourth-order valence-electron chi connectivity index (χ4n) is 3.52. The van der Waals surface area contributed by atoms with Gasteiger partial charge in [0.15, 0.2) is 0 Å². The van der Waals surface area contributed by atoms with Crippen molar-refractivity contribution in [2.45, 2.75) is 31.8 Å². The van der Waals surface area contributed by atoms with Gasteiger partial charge in [0.05, 0.1) is 11.8 Å². The van der Waals surface area contributed by atoms with E-state index in [0.717, 1.165) is 0 Å². The predicted molar refractivity (Wildman–Crippen MR) is 95.0 cm³/mol. The molecule has 0 radical (unpaired) electrons. The number of carbonyl (C=O) groups excluding carboxylic acids is 2. The molecule has 2 saturated heterocycles. The highest BCUT2D eigenvalue weighted by Gasteiger charge is 2.40. The molecule has 1 aromatic rings. The molecular weight excluding hydrogens is 355 g/mol. The first kappa shape index (κ1) is 19.2. The fourth-order valence-corrected chi connectivity index (χ4v) is 3.52. The first-order chi connectivity index (χ1) is 12.8. The molecule has 4 N–H and O–H groups in total. The number of nitrogens with zero attached hydrogens (tertiary/aromatic N) is 1. The summed E-state index contributed by atoms with van der Waals surface area (Å²) < 4.78 is 13.0. The van der Waals surface area contributed by atoms with Crippen molar-refractivity contribution in [3.05, 3.63) is 30.1 Å². The van der Waals surface area contributed by atoms with Gasteiger partial charge in [-0.25, -0.2) is 9.82 Å². The average Bonchev–Trinajstić information content (AvgIpc) is 3.09. The summed E-state index contributed by atoms with van der Waals surface area (Å²) in [4.78, 5) is 38.3. The summed E-state index contributed by atoms with van der Waals surface area (Å²) in [5, 5.41) is 12.1. The first-order valence-corrected chi connectivity index (χ1v) is 8.92. The summed E-state index contributed by atoms with van der Waals surface area (Å²) in [5.74, 6) is -3.49. The van der Waals surface area contributed by atoms with Gasteiger partial charge in [-0.3, -0.25) is 19.8 Å². The van der Waals surface area contributed by atoms with Crippen LogP contribution < -0.4 is 16.2 Å². The summed E-state index contributed by atoms with van der Waals surface area (Å²) in [7, 11) is 0. The van der Waals surface area contributed by atoms with Crippen LogP contribution >= 0.6 is 0 Å². The van der Waals surface area contributed by atoms with Crippen molar-refractivity contribution in [3.63, 3.8) is 0 Å². The zero-order valence-electron chi connectivity index (χ0n) is 14.9. The Hall–Kier alpha value is -2.52. The van der Waals surface area contributed by atoms with E-state index < -0.39 is 29.7 Å². The lowest BCUT2D eigenvalue weighted by Crippen LogP contribution is -2.54. The molecule has 2 aliphatic rings. The second-order valence-electron chi connectivity index (χ2n) is 7.19. The number of benzene rings is 1. The number of hydrogen-bond donors (Lipinski definition) is 4. The highest BCUT2D eigenvalue weighted by molar-refractivity contribution is 5.94. The number of aliphatic carboxylic acids is 1. The van der Waals surface area contributed by atoms with Crippen LogP contribution in [-0.2, 0) is 14.4 Å². The van der Waals surface area contributed by atoms with Crippen molar-refractivity contribution in [1.29, 1.82) is 0 Å². The Kier molecular flexibility index (Phi) is 5.71. The Morgan fingerprint density at radius 2 is 1.78 bits per heavy atom. The molecular formula is C18H23FN4O4. The van der Waals surface area contributed by atoms with Crippen molar-refractivity contribution in [1.82, 2.24) is 15.8 Å². The van der Waals surface area contributed by atoms with Gasteiger partial charge in [-0.05, 0) is 44.0 Å². The quantitative estimate of drug-likeness (QED) is 0.610. The van der Waals surface area contributed by atoms with Gasteiger partial charge >= 0.3 is 5.97 Å². The smallest absolute Gasteiger partial charge is 0.308 e. The Morgan fingerprint density at radius 1 is 1.11 bits per heavy atom. The van der Waals surface area contributed by atoms with E-state index in [1.54, 1.807) is 0 Å². The third kappa shape index (κ3) is 4.61. The molecule has 2 fully saturated rings. The minimum Gasteiger partial charge on any atom is -0.481 e. The van der Waals surface area contributed by atoms with Crippen LogP contribution in [0.2, 0.25) is 0 Å². The number of nitrogens with one attached hydrogen (secondary N) is 3. The molecule has 9 heteroatoms. The van der Waals surface area contributed by atoms with Crippen molar-refractivity contribution in [2.75, 3.05) is 18.4 Å². The van der Waals surface area contributed by atoms with Gasteiger partial charge < -0.3 is 15.3 Å². The lowest BCUT2D eigenvalue weighted by Gasteiger charge is -2.36. The van der Waals surface area contributed by atoms with Crippen LogP contribution in [0.25, 0.3) is 0 Å². The second kappa shape index (κ2) is 8.01. The minimum atomic E-state index is -1.03. The Morgan fingerprint density at radius 3 is 2.37 bits per heavy atom. The summed E-state index contributed by atoms with van der Waals surface area (Å²) in [5.41, 5.74) is 6.31. The fraction of sp³-hybridized carbons (Fsp3) is 0.500. The molecule has 0 saturated carbocycles. The highest BCUT2D eigenvalue weighted by Crippen LogP contribution is 2.25. The van der Waals surface area contributed by atoms with Crippen LogP contribution in [0.3, 0.4) is 0 Å². The number of anilines is 1. The molecule has 0 aromatic heterocycles. The number of piperidine rings is 1. The zero-order valence-corrected chi connectivity index (χ0v) is 14.9. The number of likely N-dealkylation sites (tertiary alicyclic amines) is 1. The van der Waals surface area contributed by atoms with Crippen LogP contribution in [0, 0.1) is 17.7 Å². The normalized spacial score (nSPS) is 28.0. The van der Waals surface area contributed by atoms with E-state index in [1.165, 1.54) is 29.2 Å². The van der Waals surface area contributed by atoms with Crippen molar-refractivity contribution < 1.29 is 23.9 Å². The van der Waals surface area contributed by atoms with Crippen LogP contribution in [0.5, 0.6) is 0 Å². The molecule has 3 rings (SSSR count). The lowest BCUT2D eigenvalue weighted by molar-refractivity contribution is -0.148. The standard InChI is InChI=1S/C18H23FN4O4/c1-10-6-15(22-21-10)17(25)23-8-11(7-12(9-23)18(26)27)16(24)20-14-4-2-13(19)3-5-14/h2-5,10-12,15,21-22H,6-9H2,1H3,(H,20,24)(H,26,27)/t10?,11-,12-,15?/m1/s1. The maximum atomic E-state index is 13.0. The van der Waals surface area contributed by atoms with E-state index in [-0.39, 0.29) is 37.4 Å². The van der Waals surface area contributed by atoms with E-state index in [1.807, 2.05) is 6.92 Å². The molecule has 0 spiro atoms. The Bertz CT molecular complexity index is 727. The Labute approximate surface area is 156 Å². The first-order valence-electron chi connectivity index (χ1n) is 8.92. The van der Waals surface area contributed by atoms with Gasteiger partial charge in [-0.2, -0.15) is 0 Å². The maximum absolute atomic E-state index is 13.0. The molecule has 1 aromatic carbocycles. The number of carbonyl (C=O) groups is 3. The van der Waals surface area contributed by atoms with Gasteiger partial charge in [-0.1, -0.05) is 0 Å². The van der Waals surface area contributed by atoms with Crippen LogP contribution in [0.4, 0.5) is 10.1 Å². The predicted octanol–water partition coefficient (Wildman–Crippen LogP) is 0.568. The molecule has 2 heterocycles. The van der Waals surface area contributed by atoms with E-state index >= 15 is 0 Å². The van der Waals surface area contributed by atoms with Gasteiger partial charge in [0.1, 0.15) is 11.9 Å². The minimum absolute atomic E-state index is 0.0844. The number of carboxylic acid groups (broad SMARTS) is 1. The topological polar surface area (TPSA) is 111 Å². The summed E-state index contributed by atoms with van der Waals surface area (Å²) in [6.07, 6.45) is 0.748.